The first-order chi connectivity index (χ1) is 8.09. The highest BCUT2D eigenvalue weighted by molar-refractivity contribution is 5.95. The van der Waals surface area contributed by atoms with Crippen molar-refractivity contribution < 1.29 is 9.90 Å². The van der Waals surface area contributed by atoms with E-state index in [-0.39, 0.29) is 5.56 Å². The number of aromatic nitrogens is 2. The van der Waals surface area contributed by atoms with Crippen molar-refractivity contribution in [3.05, 3.63) is 41.1 Å². The van der Waals surface area contributed by atoms with E-state index in [0.717, 1.165) is 11.3 Å². The summed E-state index contributed by atoms with van der Waals surface area (Å²) in [7, 11) is 0. The number of nitrogens with one attached hydrogen (secondary N) is 2. The van der Waals surface area contributed by atoms with Crippen molar-refractivity contribution in [3.63, 3.8) is 0 Å². The monoisotopic (exact) mass is 231 g/mol. The molecule has 0 bridgehead atoms. The van der Waals surface area contributed by atoms with Gasteiger partial charge in [-0.2, -0.15) is 5.10 Å². The first-order valence-corrected chi connectivity index (χ1v) is 5.20. The Kier molecular flexibility index (Phi) is 2.82. The Bertz CT molecular complexity index is 561. The normalized spacial score (nSPS) is 10.2. The van der Waals surface area contributed by atoms with Crippen molar-refractivity contribution in [1.82, 2.24) is 10.2 Å². The van der Waals surface area contributed by atoms with Crippen molar-refractivity contribution >= 4 is 17.5 Å². The highest BCUT2D eigenvalue weighted by Crippen LogP contribution is 2.23. The summed E-state index contributed by atoms with van der Waals surface area (Å²) in [5.74, 6) is -0.656. The van der Waals surface area contributed by atoms with Crippen LogP contribution in [0.2, 0.25) is 0 Å². The topological polar surface area (TPSA) is 78.0 Å². The van der Waals surface area contributed by atoms with E-state index in [2.05, 4.69) is 15.5 Å². The molecule has 0 unspecified atom stereocenters. The van der Waals surface area contributed by atoms with E-state index >= 15 is 0 Å². The molecule has 0 saturated carbocycles. The number of hydrogen-bond acceptors (Lipinski definition) is 3. The van der Waals surface area contributed by atoms with Crippen LogP contribution >= 0.6 is 0 Å². The quantitative estimate of drug-likeness (QED) is 0.758. The minimum absolute atomic E-state index is 0.174. The molecule has 5 nitrogen and oxygen atoms in total. The number of carboxylic acid groups (broad SMARTS) is 1. The van der Waals surface area contributed by atoms with Gasteiger partial charge in [-0.25, -0.2) is 4.79 Å². The maximum Gasteiger partial charge on any atom is 0.341 e. The lowest BCUT2D eigenvalue weighted by atomic mass is 10.2. The molecule has 2 rings (SSSR count). The summed E-state index contributed by atoms with van der Waals surface area (Å²) in [6, 6.07) is 7.64. The Morgan fingerprint density at radius 3 is 2.71 bits per heavy atom. The standard InChI is InChI=1S/C12H13N3O2/c1-7-5-3-4-6-9(7)13-11-10(12(16)17)8(2)14-15-11/h3-6H,1-2H3,(H,16,17)(H2,13,14,15). The molecule has 0 aliphatic rings. The summed E-state index contributed by atoms with van der Waals surface area (Å²) in [5, 5.41) is 18.7. The number of hydrogen-bond donors (Lipinski definition) is 3. The van der Waals surface area contributed by atoms with Crippen LogP contribution in [0.5, 0.6) is 0 Å². The van der Waals surface area contributed by atoms with E-state index in [4.69, 9.17) is 5.11 Å². The number of benzene rings is 1. The van der Waals surface area contributed by atoms with E-state index in [1.807, 2.05) is 31.2 Å². The van der Waals surface area contributed by atoms with Crippen LogP contribution in [0.3, 0.4) is 0 Å². The summed E-state index contributed by atoms with van der Waals surface area (Å²) < 4.78 is 0. The van der Waals surface area contributed by atoms with Crippen molar-refractivity contribution in [2.45, 2.75) is 13.8 Å². The molecule has 0 atom stereocenters. The number of aromatic amines is 1. The zero-order valence-electron chi connectivity index (χ0n) is 9.61. The van der Waals surface area contributed by atoms with Crippen molar-refractivity contribution in [2.75, 3.05) is 5.32 Å². The van der Waals surface area contributed by atoms with Crippen LogP contribution < -0.4 is 5.32 Å². The molecule has 5 heteroatoms. The van der Waals surface area contributed by atoms with E-state index in [9.17, 15) is 4.79 Å². The second-order valence-electron chi connectivity index (χ2n) is 3.82. The number of carbonyl (C=O) groups is 1. The fourth-order valence-electron chi connectivity index (χ4n) is 1.62. The number of rotatable bonds is 3. The fourth-order valence-corrected chi connectivity index (χ4v) is 1.62. The molecule has 3 N–H and O–H groups in total. The summed E-state index contributed by atoms with van der Waals surface area (Å²) in [6.45, 7) is 3.63. The minimum atomic E-state index is -0.993. The van der Waals surface area contributed by atoms with E-state index < -0.39 is 5.97 Å². The molecular weight excluding hydrogens is 218 g/mol. The van der Waals surface area contributed by atoms with Gasteiger partial charge in [-0.3, -0.25) is 5.10 Å². The number of nitrogens with zero attached hydrogens (tertiary/aromatic N) is 1. The maximum atomic E-state index is 11.1. The number of H-pyrrole nitrogens is 1. The second-order valence-corrected chi connectivity index (χ2v) is 3.82. The van der Waals surface area contributed by atoms with Crippen LogP contribution in [0, 0.1) is 13.8 Å². The summed E-state index contributed by atoms with van der Waals surface area (Å²) in [4.78, 5) is 11.1. The number of aromatic carboxylic acids is 1. The minimum Gasteiger partial charge on any atom is -0.477 e. The molecule has 0 saturated heterocycles. The summed E-state index contributed by atoms with van der Waals surface area (Å²) in [5.41, 5.74) is 2.59. The molecule has 0 radical (unpaired) electrons. The molecular formula is C12H13N3O2. The first kappa shape index (κ1) is 11.2. The molecule has 1 aromatic carbocycles. The number of anilines is 2. The van der Waals surface area contributed by atoms with E-state index in [1.165, 1.54) is 0 Å². The van der Waals surface area contributed by atoms with Gasteiger partial charge in [0.15, 0.2) is 5.82 Å². The van der Waals surface area contributed by atoms with Gasteiger partial charge >= 0.3 is 5.97 Å². The second kappa shape index (κ2) is 4.29. The van der Waals surface area contributed by atoms with Gasteiger partial charge in [-0.1, -0.05) is 18.2 Å². The molecule has 0 amide bonds. The largest absolute Gasteiger partial charge is 0.477 e. The lowest BCUT2D eigenvalue weighted by Crippen LogP contribution is -2.03. The Morgan fingerprint density at radius 1 is 1.35 bits per heavy atom. The maximum absolute atomic E-state index is 11.1. The zero-order chi connectivity index (χ0) is 12.4. The Balaban J connectivity index is 2.37. The average Bonchev–Trinajstić information content (AvgIpc) is 2.63. The molecule has 0 spiro atoms. The van der Waals surface area contributed by atoms with Crippen LogP contribution in [0.25, 0.3) is 0 Å². The number of aryl methyl sites for hydroxylation is 2. The van der Waals surface area contributed by atoms with Gasteiger partial charge in [-0.15, -0.1) is 0 Å². The third kappa shape index (κ3) is 2.13. The van der Waals surface area contributed by atoms with Crippen LogP contribution in [0.15, 0.2) is 24.3 Å². The van der Waals surface area contributed by atoms with Crippen LogP contribution in [-0.4, -0.2) is 21.3 Å². The van der Waals surface area contributed by atoms with Gasteiger partial charge in [0.05, 0.1) is 0 Å². The molecule has 0 aliphatic carbocycles. The highest BCUT2D eigenvalue weighted by Gasteiger charge is 2.17. The average molecular weight is 231 g/mol. The molecule has 2 aromatic rings. The third-order valence-electron chi connectivity index (χ3n) is 2.56. The van der Waals surface area contributed by atoms with Gasteiger partial charge in [0.2, 0.25) is 0 Å². The van der Waals surface area contributed by atoms with Gasteiger partial charge in [0.25, 0.3) is 0 Å². The molecule has 1 heterocycles. The molecule has 0 fully saturated rings. The number of para-hydroxylation sites is 1. The van der Waals surface area contributed by atoms with Crippen molar-refractivity contribution in [1.29, 1.82) is 0 Å². The number of carboxylic acids is 1. The predicted molar refractivity (Wildman–Crippen MR) is 64.7 cm³/mol. The smallest absolute Gasteiger partial charge is 0.341 e. The van der Waals surface area contributed by atoms with E-state index in [0.29, 0.717) is 11.5 Å². The van der Waals surface area contributed by atoms with Crippen molar-refractivity contribution in [3.8, 4) is 0 Å². The molecule has 17 heavy (non-hydrogen) atoms. The Hall–Kier alpha value is -2.30. The van der Waals surface area contributed by atoms with Gasteiger partial charge in [0, 0.05) is 11.4 Å². The Labute approximate surface area is 98.5 Å². The van der Waals surface area contributed by atoms with Crippen molar-refractivity contribution in [2.24, 2.45) is 0 Å². The lowest BCUT2D eigenvalue weighted by Gasteiger charge is -2.07. The molecule has 0 aliphatic heterocycles. The fraction of sp³-hybridized carbons (Fsp3) is 0.167. The van der Waals surface area contributed by atoms with Crippen LogP contribution in [-0.2, 0) is 0 Å². The van der Waals surface area contributed by atoms with Gasteiger partial charge < -0.3 is 10.4 Å². The molecule has 88 valence electrons. The SMILES string of the molecule is Cc1ccccc1Nc1n[nH]c(C)c1C(=O)O. The highest BCUT2D eigenvalue weighted by atomic mass is 16.4. The summed E-state index contributed by atoms with van der Waals surface area (Å²) >= 11 is 0. The van der Waals surface area contributed by atoms with Gasteiger partial charge in [-0.05, 0) is 25.5 Å². The molecule has 1 aromatic heterocycles. The third-order valence-corrected chi connectivity index (χ3v) is 2.56. The zero-order valence-corrected chi connectivity index (χ0v) is 9.61. The van der Waals surface area contributed by atoms with Crippen LogP contribution in [0.4, 0.5) is 11.5 Å². The van der Waals surface area contributed by atoms with Gasteiger partial charge in [0.1, 0.15) is 5.56 Å². The Morgan fingerprint density at radius 2 is 2.06 bits per heavy atom. The predicted octanol–water partition coefficient (Wildman–Crippen LogP) is 2.47. The first-order valence-electron chi connectivity index (χ1n) is 5.20. The van der Waals surface area contributed by atoms with Crippen LogP contribution in [0.1, 0.15) is 21.6 Å². The van der Waals surface area contributed by atoms with E-state index in [1.54, 1.807) is 6.92 Å². The summed E-state index contributed by atoms with van der Waals surface area (Å²) in [6.07, 6.45) is 0. The lowest BCUT2D eigenvalue weighted by molar-refractivity contribution is 0.0697.